The molecule has 0 N–H and O–H groups in total. The molecule has 4 rings (SSSR count). The van der Waals surface area contributed by atoms with Gasteiger partial charge in [-0.25, -0.2) is 0 Å². The third-order valence-electron chi connectivity index (χ3n) is 4.69. The van der Waals surface area contributed by atoms with E-state index in [1.807, 2.05) is 42.5 Å². The van der Waals surface area contributed by atoms with Crippen LogP contribution in [-0.4, -0.2) is 10.2 Å². The molecule has 1 heterocycles. The number of rotatable bonds is 3. The van der Waals surface area contributed by atoms with Crippen molar-refractivity contribution in [3.63, 3.8) is 0 Å². The van der Waals surface area contributed by atoms with Gasteiger partial charge in [-0.3, -0.25) is 0 Å². The number of hydrogen-bond donors (Lipinski definition) is 0. The summed E-state index contributed by atoms with van der Waals surface area (Å²) in [4.78, 5) is 0. The minimum absolute atomic E-state index is 0.0740. The highest BCUT2D eigenvalue weighted by Crippen LogP contribution is 2.30. The molecule has 1 aliphatic rings. The largest absolute Gasteiger partial charge is 0.415 e. The van der Waals surface area contributed by atoms with Crippen molar-refractivity contribution in [1.82, 2.24) is 10.2 Å². The molecule has 0 aliphatic heterocycles. The van der Waals surface area contributed by atoms with Crippen molar-refractivity contribution in [2.75, 3.05) is 0 Å². The molecule has 1 aromatic heterocycles. The minimum Gasteiger partial charge on any atom is -0.415 e. The third kappa shape index (κ3) is 3.80. The van der Waals surface area contributed by atoms with Crippen molar-refractivity contribution in [3.05, 3.63) is 96.1 Å². The van der Waals surface area contributed by atoms with Crippen LogP contribution in [-0.2, 0) is 0 Å². The average Bonchev–Trinajstić information content (AvgIpc) is 3.05. The van der Waals surface area contributed by atoms with Crippen molar-refractivity contribution >= 4 is 5.57 Å². The Hall–Kier alpha value is -3.42. The first-order valence-electron chi connectivity index (χ1n) is 9.36. The summed E-state index contributed by atoms with van der Waals surface area (Å²) in [6.45, 7) is 6.56. The van der Waals surface area contributed by atoms with Crippen LogP contribution in [0.1, 0.15) is 26.7 Å². The molecule has 28 heavy (non-hydrogen) atoms. The van der Waals surface area contributed by atoms with Crippen LogP contribution in [0.25, 0.3) is 28.2 Å². The maximum Gasteiger partial charge on any atom is 0.255 e. The standard InChI is InChI=1S/C25H22N2O/c1-25(2,3)22-11-7-10-20(16-17-22)23-26-27-24(28-23)21-14-12-19(13-15-21)18-8-5-4-6-9-18/h4-9,11-17H,1-3H3. The van der Waals surface area contributed by atoms with E-state index in [0.29, 0.717) is 11.8 Å². The van der Waals surface area contributed by atoms with Crippen molar-refractivity contribution < 1.29 is 4.42 Å². The fourth-order valence-electron chi connectivity index (χ4n) is 3.02. The summed E-state index contributed by atoms with van der Waals surface area (Å²) in [5.41, 5.74) is 8.55. The van der Waals surface area contributed by atoms with Crippen LogP contribution in [0, 0.1) is 5.41 Å². The molecule has 0 saturated heterocycles. The predicted octanol–water partition coefficient (Wildman–Crippen LogP) is 6.48. The van der Waals surface area contributed by atoms with Crippen LogP contribution in [0.4, 0.5) is 0 Å². The zero-order valence-corrected chi connectivity index (χ0v) is 16.3. The first-order chi connectivity index (χ1) is 13.5. The summed E-state index contributed by atoms with van der Waals surface area (Å²) >= 11 is 0. The molecule has 0 unspecified atom stereocenters. The number of nitrogens with zero attached hydrogens (tertiary/aromatic N) is 2. The first kappa shape index (κ1) is 18.0. The smallest absolute Gasteiger partial charge is 0.255 e. The van der Waals surface area contributed by atoms with Crippen molar-refractivity contribution in [2.24, 2.45) is 5.41 Å². The van der Waals surface area contributed by atoms with Gasteiger partial charge >= 0.3 is 0 Å². The third-order valence-corrected chi connectivity index (χ3v) is 4.69. The van der Waals surface area contributed by atoms with E-state index in [0.717, 1.165) is 16.7 Å². The summed E-state index contributed by atoms with van der Waals surface area (Å²) in [5, 5.41) is 8.44. The highest BCUT2D eigenvalue weighted by Gasteiger charge is 2.16. The van der Waals surface area contributed by atoms with E-state index in [-0.39, 0.29) is 5.41 Å². The van der Waals surface area contributed by atoms with Gasteiger partial charge in [0.15, 0.2) is 0 Å². The molecule has 2 aromatic carbocycles. The second-order valence-corrected chi connectivity index (χ2v) is 7.79. The number of allylic oxidation sites excluding steroid dienone is 5. The Morgan fingerprint density at radius 3 is 2.11 bits per heavy atom. The predicted molar refractivity (Wildman–Crippen MR) is 113 cm³/mol. The molecule has 0 fully saturated rings. The van der Waals surface area contributed by atoms with E-state index < -0.39 is 0 Å². The topological polar surface area (TPSA) is 38.9 Å². The van der Waals surface area contributed by atoms with Gasteiger partial charge in [0.25, 0.3) is 5.89 Å². The van der Waals surface area contributed by atoms with E-state index in [1.54, 1.807) is 0 Å². The van der Waals surface area contributed by atoms with Gasteiger partial charge in [-0.05, 0) is 46.4 Å². The zero-order chi connectivity index (χ0) is 19.6. The summed E-state index contributed by atoms with van der Waals surface area (Å²) in [6, 6.07) is 18.4. The van der Waals surface area contributed by atoms with Crippen LogP contribution >= 0.6 is 0 Å². The van der Waals surface area contributed by atoms with Gasteiger partial charge < -0.3 is 4.42 Å². The molecular weight excluding hydrogens is 344 g/mol. The lowest BCUT2D eigenvalue weighted by Crippen LogP contribution is -2.06. The zero-order valence-electron chi connectivity index (χ0n) is 16.3. The van der Waals surface area contributed by atoms with Gasteiger partial charge in [0.05, 0.1) is 5.57 Å². The van der Waals surface area contributed by atoms with Crippen LogP contribution in [0.5, 0.6) is 0 Å². The summed E-state index contributed by atoms with van der Waals surface area (Å²) in [7, 11) is 0. The number of aromatic nitrogens is 2. The summed E-state index contributed by atoms with van der Waals surface area (Å²) in [5.74, 6) is 0.976. The van der Waals surface area contributed by atoms with Crippen molar-refractivity contribution in [1.29, 1.82) is 0 Å². The Morgan fingerprint density at radius 2 is 1.39 bits per heavy atom. The average molecular weight is 366 g/mol. The fraction of sp³-hybridized carbons (Fsp3) is 0.160. The van der Waals surface area contributed by atoms with Crippen LogP contribution in [0.2, 0.25) is 0 Å². The van der Waals surface area contributed by atoms with Gasteiger partial charge in [-0.15, -0.1) is 15.9 Å². The SMILES string of the molecule is CC(C)(C)C1=CC=C=C(c2nnc(-c3ccc(-c4ccccc4)cc3)o2)C=C1. The van der Waals surface area contributed by atoms with E-state index in [9.17, 15) is 0 Å². The van der Waals surface area contributed by atoms with Crippen LogP contribution < -0.4 is 0 Å². The molecular formula is C25H22N2O. The quantitative estimate of drug-likeness (QED) is 0.498. The van der Waals surface area contributed by atoms with Gasteiger partial charge in [-0.1, -0.05) is 75.4 Å². The maximum absolute atomic E-state index is 5.92. The summed E-state index contributed by atoms with van der Waals surface area (Å²) in [6.07, 6.45) is 8.05. The Labute approximate surface area is 165 Å². The van der Waals surface area contributed by atoms with E-state index >= 15 is 0 Å². The number of hydrogen-bond acceptors (Lipinski definition) is 3. The normalized spacial score (nSPS) is 13.8. The molecule has 0 amide bonds. The lowest BCUT2D eigenvalue weighted by atomic mass is 9.86. The molecule has 0 radical (unpaired) electrons. The van der Waals surface area contributed by atoms with E-state index in [1.165, 1.54) is 11.1 Å². The Balaban J connectivity index is 1.56. The first-order valence-corrected chi connectivity index (χ1v) is 9.36. The molecule has 3 nitrogen and oxygen atoms in total. The lowest BCUT2D eigenvalue weighted by molar-refractivity contribution is 0.517. The monoisotopic (exact) mass is 366 g/mol. The molecule has 138 valence electrons. The van der Waals surface area contributed by atoms with Gasteiger partial charge in [0, 0.05) is 5.56 Å². The molecule has 0 saturated carbocycles. The summed E-state index contributed by atoms with van der Waals surface area (Å²) < 4.78 is 5.92. The maximum atomic E-state index is 5.92. The molecule has 1 aliphatic carbocycles. The molecule has 3 heteroatoms. The van der Waals surface area contributed by atoms with Crippen molar-refractivity contribution in [2.45, 2.75) is 20.8 Å². The fourth-order valence-corrected chi connectivity index (χ4v) is 3.02. The highest BCUT2D eigenvalue weighted by atomic mass is 16.4. The molecule has 0 bridgehead atoms. The molecule has 0 atom stereocenters. The molecule has 0 spiro atoms. The Kier molecular flexibility index (Phi) is 4.68. The van der Waals surface area contributed by atoms with Gasteiger partial charge in [0.1, 0.15) is 0 Å². The van der Waals surface area contributed by atoms with Gasteiger partial charge in [-0.2, -0.15) is 0 Å². The van der Waals surface area contributed by atoms with E-state index in [2.05, 4.69) is 73.1 Å². The van der Waals surface area contributed by atoms with Crippen LogP contribution in [0.15, 0.2) is 94.6 Å². The highest BCUT2D eigenvalue weighted by molar-refractivity contribution is 5.71. The number of benzene rings is 2. The van der Waals surface area contributed by atoms with Crippen LogP contribution in [0.3, 0.4) is 0 Å². The lowest BCUT2D eigenvalue weighted by Gasteiger charge is -2.19. The molecule has 3 aromatic rings. The second-order valence-electron chi connectivity index (χ2n) is 7.79. The van der Waals surface area contributed by atoms with E-state index in [4.69, 9.17) is 4.42 Å². The minimum atomic E-state index is 0.0740. The van der Waals surface area contributed by atoms with Gasteiger partial charge in [0.2, 0.25) is 5.89 Å². The Bertz CT molecular complexity index is 1100. The van der Waals surface area contributed by atoms with Crippen molar-refractivity contribution in [3.8, 4) is 22.6 Å². The second kappa shape index (κ2) is 7.30. The Morgan fingerprint density at radius 1 is 0.750 bits per heavy atom.